The molecule has 2 aromatic rings. The number of anilines is 2. The third-order valence-corrected chi connectivity index (χ3v) is 7.61. The van der Waals surface area contributed by atoms with Crippen molar-refractivity contribution in [3.8, 4) is 11.5 Å². The highest BCUT2D eigenvalue weighted by Crippen LogP contribution is 2.40. The number of methoxy groups -OCH3 is 2. The fraction of sp³-hybridized carbons (Fsp3) is 0.519. The number of nitrogens with one attached hydrogen (secondary N) is 1. The van der Waals surface area contributed by atoms with Gasteiger partial charge in [-0.05, 0) is 56.1 Å². The van der Waals surface area contributed by atoms with Crippen molar-refractivity contribution in [3.63, 3.8) is 0 Å². The number of benzene rings is 2. The molecule has 5 rings (SSSR count). The van der Waals surface area contributed by atoms with Crippen molar-refractivity contribution in [2.75, 3.05) is 69.8 Å². The van der Waals surface area contributed by atoms with E-state index < -0.39 is 0 Å². The lowest BCUT2D eigenvalue weighted by Gasteiger charge is -2.49. The predicted octanol–water partition coefficient (Wildman–Crippen LogP) is 2.78. The molecule has 0 bridgehead atoms. The number of nitrogens with zero attached hydrogens (tertiary/aromatic N) is 3. The predicted molar refractivity (Wildman–Crippen MR) is 135 cm³/mol. The van der Waals surface area contributed by atoms with Crippen molar-refractivity contribution < 1.29 is 14.3 Å². The van der Waals surface area contributed by atoms with Gasteiger partial charge in [-0.1, -0.05) is 18.2 Å². The van der Waals surface area contributed by atoms with Crippen LogP contribution in [0.3, 0.4) is 0 Å². The van der Waals surface area contributed by atoms with Gasteiger partial charge in [-0.15, -0.1) is 0 Å². The summed E-state index contributed by atoms with van der Waals surface area (Å²) in [6.07, 6.45) is 3.29. The number of para-hydroxylation sites is 2. The number of piperazine rings is 1. The SMILES string of the molecule is COc1ccc2c(c1)N1CCN(c3ccccc3OC)CC1C(C(=O)NCCN1CCCC1)C2. The Labute approximate surface area is 202 Å². The van der Waals surface area contributed by atoms with E-state index in [1.807, 2.05) is 24.3 Å². The van der Waals surface area contributed by atoms with Gasteiger partial charge in [0.05, 0.1) is 31.9 Å². The highest BCUT2D eigenvalue weighted by Gasteiger charge is 2.42. The molecular weight excluding hydrogens is 428 g/mol. The first-order valence-corrected chi connectivity index (χ1v) is 12.5. The molecule has 34 heavy (non-hydrogen) atoms. The van der Waals surface area contributed by atoms with Crippen LogP contribution in [0.25, 0.3) is 0 Å². The number of ether oxygens (including phenoxy) is 2. The number of amides is 1. The molecule has 3 aliphatic heterocycles. The summed E-state index contributed by atoms with van der Waals surface area (Å²) in [5.74, 6) is 1.80. The van der Waals surface area contributed by atoms with Crippen LogP contribution in [0.15, 0.2) is 42.5 Å². The lowest BCUT2D eigenvalue weighted by atomic mass is 9.83. The Morgan fingerprint density at radius 1 is 1.00 bits per heavy atom. The fourth-order valence-electron chi connectivity index (χ4n) is 5.79. The Balaban J connectivity index is 1.38. The highest BCUT2D eigenvalue weighted by atomic mass is 16.5. The monoisotopic (exact) mass is 464 g/mol. The van der Waals surface area contributed by atoms with Crippen molar-refractivity contribution in [2.45, 2.75) is 25.3 Å². The molecular formula is C27H36N4O3. The summed E-state index contributed by atoms with van der Waals surface area (Å²) in [5, 5.41) is 3.27. The summed E-state index contributed by atoms with van der Waals surface area (Å²) in [7, 11) is 3.42. The maximum absolute atomic E-state index is 13.5. The van der Waals surface area contributed by atoms with Crippen molar-refractivity contribution in [1.29, 1.82) is 0 Å². The van der Waals surface area contributed by atoms with Crippen LogP contribution in [0, 0.1) is 5.92 Å². The first-order chi connectivity index (χ1) is 16.7. The molecule has 2 aromatic carbocycles. The molecule has 2 atom stereocenters. The van der Waals surface area contributed by atoms with Gasteiger partial charge < -0.3 is 29.5 Å². The number of fused-ring (bicyclic) bond motifs is 3. The number of likely N-dealkylation sites (tertiary alicyclic amines) is 1. The van der Waals surface area contributed by atoms with E-state index in [1.165, 1.54) is 24.1 Å². The summed E-state index contributed by atoms with van der Waals surface area (Å²) in [6, 6.07) is 14.5. The summed E-state index contributed by atoms with van der Waals surface area (Å²) in [4.78, 5) is 20.7. The average molecular weight is 465 g/mol. The van der Waals surface area contributed by atoms with Crippen LogP contribution in [0.5, 0.6) is 11.5 Å². The van der Waals surface area contributed by atoms with Crippen molar-refractivity contribution in [3.05, 3.63) is 48.0 Å². The molecule has 2 saturated heterocycles. The maximum Gasteiger partial charge on any atom is 0.225 e. The fourth-order valence-corrected chi connectivity index (χ4v) is 5.79. The van der Waals surface area contributed by atoms with E-state index in [2.05, 4.69) is 38.2 Å². The number of hydrogen-bond donors (Lipinski definition) is 1. The van der Waals surface area contributed by atoms with Gasteiger partial charge in [0.2, 0.25) is 5.91 Å². The molecule has 7 nitrogen and oxygen atoms in total. The smallest absolute Gasteiger partial charge is 0.225 e. The minimum absolute atomic E-state index is 0.0880. The molecule has 7 heteroatoms. The first kappa shape index (κ1) is 22.8. The van der Waals surface area contributed by atoms with E-state index in [-0.39, 0.29) is 17.9 Å². The second-order valence-corrected chi connectivity index (χ2v) is 9.52. The van der Waals surface area contributed by atoms with E-state index >= 15 is 0 Å². The Morgan fingerprint density at radius 3 is 2.62 bits per heavy atom. The molecule has 0 aromatic heterocycles. The molecule has 0 spiro atoms. The Bertz CT molecular complexity index is 1010. The van der Waals surface area contributed by atoms with Crippen LogP contribution < -0.4 is 24.6 Å². The molecule has 0 saturated carbocycles. The summed E-state index contributed by atoms with van der Waals surface area (Å²) in [5.41, 5.74) is 3.52. The number of hydrogen-bond acceptors (Lipinski definition) is 6. The Morgan fingerprint density at radius 2 is 1.82 bits per heavy atom. The minimum Gasteiger partial charge on any atom is -0.497 e. The zero-order chi connectivity index (χ0) is 23.5. The molecule has 3 aliphatic rings. The van der Waals surface area contributed by atoms with Gasteiger partial charge in [-0.3, -0.25) is 4.79 Å². The lowest BCUT2D eigenvalue weighted by molar-refractivity contribution is -0.125. The van der Waals surface area contributed by atoms with Crippen LogP contribution in [0.2, 0.25) is 0 Å². The van der Waals surface area contributed by atoms with E-state index in [9.17, 15) is 4.79 Å². The van der Waals surface area contributed by atoms with Crippen molar-refractivity contribution >= 4 is 17.3 Å². The number of carbonyl (C=O) groups is 1. The van der Waals surface area contributed by atoms with Gasteiger partial charge in [0.15, 0.2) is 0 Å². The summed E-state index contributed by atoms with van der Waals surface area (Å²) >= 11 is 0. The number of carbonyl (C=O) groups excluding carboxylic acids is 1. The van der Waals surface area contributed by atoms with Crippen LogP contribution >= 0.6 is 0 Å². The van der Waals surface area contributed by atoms with E-state index in [0.29, 0.717) is 6.54 Å². The topological polar surface area (TPSA) is 57.3 Å². The first-order valence-electron chi connectivity index (χ1n) is 12.5. The summed E-state index contributed by atoms with van der Waals surface area (Å²) < 4.78 is 11.2. The van der Waals surface area contributed by atoms with E-state index in [0.717, 1.165) is 62.9 Å². The highest BCUT2D eigenvalue weighted by molar-refractivity contribution is 5.82. The van der Waals surface area contributed by atoms with Crippen LogP contribution in [-0.4, -0.2) is 76.9 Å². The molecule has 2 fully saturated rings. The quantitative estimate of drug-likeness (QED) is 0.680. The second kappa shape index (κ2) is 10.1. The van der Waals surface area contributed by atoms with Gasteiger partial charge in [0.1, 0.15) is 11.5 Å². The van der Waals surface area contributed by atoms with Crippen molar-refractivity contribution in [1.82, 2.24) is 10.2 Å². The zero-order valence-electron chi connectivity index (χ0n) is 20.3. The van der Waals surface area contributed by atoms with E-state index in [1.54, 1.807) is 14.2 Å². The lowest BCUT2D eigenvalue weighted by Crippen LogP contribution is -2.61. The average Bonchev–Trinajstić information content (AvgIpc) is 3.41. The normalized spacial score (nSPS) is 22.2. The van der Waals surface area contributed by atoms with Gasteiger partial charge in [-0.25, -0.2) is 0 Å². The Hall–Kier alpha value is -2.93. The molecule has 0 aliphatic carbocycles. The third-order valence-electron chi connectivity index (χ3n) is 7.61. The zero-order valence-corrected chi connectivity index (χ0v) is 20.3. The summed E-state index contributed by atoms with van der Waals surface area (Å²) in [6.45, 7) is 6.46. The van der Waals surface area contributed by atoms with Gasteiger partial charge in [0, 0.05) is 44.5 Å². The molecule has 182 valence electrons. The molecule has 1 amide bonds. The minimum atomic E-state index is -0.100. The van der Waals surface area contributed by atoms with Crippen LogP contribution in [0.1, 0.15) is 18.4 Å². The molecule has 0 radical (unpaired) electrons. The molecule has 2 unspecified atom stereocenters. The largest absolute Gasteiger partial charge is 0.497 e. The van der Waals surface area contributed by atoms with Crippen molar-refractivity contribution in [2.24, 2.45) is 5.92 Å². The molecule has 3 heterocycles. The number of rotatable bonds is 7. The van der Waals surface area contributed by atoms with Gasteiger partial charge >= 0.3 is 0 Å². The van der Waals surface area contributed by atoms with Crippen LogP contribution in [0.4, 0.5) is 11.4 Å². The maximum atomic E-state index is 13.5. The van der Waals surface area contributed by atoms with Crippen LogP contribution in [-0.2, 0) is 11.2 Å². The molecule has 1 N–H and O–H groups in total. The third kappa shape index (κ3) is 4.53. The van der Waals surface area contributed by atoms with Gasteiger partial charge in [0.25, 0.3) is 0 Å². The standard InChI is InChI=1S/C27H36N4O3/c1-33-21-10-9-20-17-22(27(32)28-11-14-29-12-5-6-13-29)25-19-30(15-16-31(25)24(20)18-21)23-7-3-4-8-26(23)34-2/h3-4,7-10,18,22,25H,5-6,11-17,19H2,1-2H3,(H,28,32). The second-order valence-electron chi connectivity index (χ2n) is 9.52. The van der Waals surface area contributed by atoms with E-state index in [4.69, 9.17) is 9.47 Å². The Kier molecular flexibility index (Phi) is 6.81. The van der Waals surface area contributed by atoms with Gasteiger partial charge in [-0.2, -0.15) is 0 Å².